The summed E-state index contributed by atoms with van der Waals surface area (Å²) in [7, 11) is -10.8. The van der Waals surface area contributed by atoms with Gasteiger partial charge in [0.1, 0.15) is 54.0 Å². The summed E-state index contributed by atoms with van der Waals surface area (Å²) in [5.41, 5.74) is 12.7. The molecule has 0 saturated carbocycles. The van der Waals surface area contributed by atoms with Crippen LogP contribution in [0.15, 0.2) is 31.2 Å². The molecule has 2 aliphatic rings. The molecule has 49 heavy (non-hydrogen) atoms. The SMILES string of the molecule is Nc1ncnc2c1ncn2[C@@H]1O[C@H](COP(=O)(O)OP(O)(=S)OP(=O)(O)OC[C@H]2O[C@@H](n3cnc4c(N)ccnc43)C(O)[C@H]2O)C(O)C1O. The van der Waals surface area contributed by atoms with Crippen molar-refractivity contribution in [1.29, 1.82) is 0 Å². The minimum absolute atomic E-state index is 0.0372. The smallest absolute Gasteiger partial charge is 0.397 e. The molecule has 0 aliphatic carbocycles. The van der Waals surface area contributed by atoms with Crippen molar-refractivity contribution in [2.75, 3.05) is 24.7 Å². The van der Waals surface area contributed by atoms with E-state index in [0.29, 0.717) is 0 Å². The third-order valence-corrected chi connectivity index (χ3v) is 12.8. The molecule has 2 saturated heterocycles. The van der Waals surface area contributed by atoms with Gasteiger partial charge in [-0.05, 0) is 17.9 Å². The number of hydrogen-bond donors (Lipinski definition) is 9. The lowest BCUT2D eigenvalue weighted by Crippen LogP contribution is -2.33. The van der Waals surface area contributed by atoms with Gasteiger partial charge < -0.3 is 56.0 Å². The Hall–Kier alpha value is -2.64. The maximum atomic E-state index is 12.6. The highest BCUT2D eigenvalue weighted by atomic mass is 32.5. The van der Waals surface area contributed by atoms with Crippen molar-refractivity contribution in [2.24, 2.45) is 0 Å². The third kappa shape index (κ3) is 7.40. The minimum atomic E-state index is -5.41. The van der Waals surface area contributed by atoms with Crippen molar-refractivity contribution >= 4 is 68.0 Å². The number of nitrogens with zero attached hydrogens (tertiary/aromatic N) is 7. The number of anilines is 2. The fourth-order valence-electron chi connectivity index (χ4n) is 5.05. The zero-order chi connectivity index (χ0) is 35.5. The van der Waals surface area contributed by atoms with Crippen LogP contribution in [0.5, 0.6) is 0 Å². The van der Waals surface area contributed by atoms with Crippen molar-refractivity contribution in [1.82, 2.24) is 34.1 Å². The number of aliphatic hydroxyl groups excluding tert-OH is 4. The van der Waals surface area contributed by atoms with Crippen molar-refractivity contribution in [3.63, 3.8) is 0 Å². The largest absolute Gasteiger partial charge is 0.479 e. The monoisotopic (exact) mass is 771 g/mol. The van der Waals surface area contributed by atoms with Gasteiger partial charge in [-0.25, -0.2) is 42.7 Å². The molecule has 6 unspecified atom stereocenters. The van der Waals surface area contributed by atoms with Crippen LogP contribution >= 0.6 is 22.4 Å². The predicted molar refractivity (Wildman–Crippen MR) is 164 cm³/mol. The first-order chi connectivity index (χ1) is 23.0. The molecular formula is C21H28N9O15P3S. The number of nitrogen functional groups attached to an aromatic ring is 2. The van der Waals surface area contributed by atoms with Crippen LogP contribution in [0.1, 0.15) is 12.5 Å². The molecule has 2 fully saturated rings. The molecule has 0 aromatic carbocycles. The van der Waals surface area contributed by atoms with Gasteiger partial charge in [-0.1, -0.05) is 0 Å². The molecule has 0 radical (unpaired) electrons. The molecule has 2 aliphatic heterocycles. The average molecular weight is 771 g/mol. The van der Waals surface area contributed by atoms with Crippen LogP contribution in [0.25, 0.3) is 22.3 Å². The van der Waals surface area contributed by atoms with Crippen LogP contribution in [-0.4, -0.2) is 119 Å². The first-order valence-corrected chi connectivity index (χ1v) is 19.3. The second-order valence-corrected chi connectivity index (χ2v) is 16.6. The molecule has 11 N–H and O–H groups in total. The molecule has 0 bridgehead atoms. The number of phosphoric acid groups is 2. The Morgan fingerprint density at radius 3 is 1.78 bits per heavy atom. The fraction of sp³-hybridized carbons (Fsp3) is 0.476. The summed E-state index contributed by atoms with van der Waals surface area (Å²) in [6.45, 7) is -6.94. The van der Waals surface area contributed by atoms with E-state index in [1.165, 1.54) is 34.1 Å². The van der Waals surface area contributed by atoms with Gasteiger partial charge in [0.2, 0.25) is 0 Å². The van der Waals surface area contributed by atoms with Crippen LogP contribution in [0.2, 0.25) is 0 Å². The highest BCUT2D eigenvalue weighted by Crippen LogP contribution is 2.68. The number of fused-ring (bicyclic) bond motifs is 2. The topological polar surface area (TPSA) is 357 Å². The van der Waals surface area contributed by atoms with Crippen molar-refractivity contribution in [3.8, 4) is 0 Å². The number of aliphatic hydroxyl groups is 4. The third-order valence-electron chi connectivity index (χ3n) is 7.32. The Balaban J connectivity index is 1.03. The summed E-state index contributed by atoms with van der Waals surface area (Å²) in [6.07, 6.45) is -7.08. The summed E-state index contributed by atoms with van der Waals surface area (Å²) < 4.78 is 57.1. The molecule has 24 nitrogen and oxygen atoms in total. The minimum Gasteiger partial charge on any atom is -0.397 e. The Bertz CT molecular complexity index is 1870. The molecule has 0 spiro atoms. The highest BCUT2D eigenvalue weighted by molar-refractivity contribution is 8.09. The van der Waals surface area contributed by atoms with Crippen LogP contribution < -0.4 is 11.5 Å². The zero-order valence-corrected chi connectivity index (χ0v) is 27.9. The molecule has 4 aromatic heterocycles. The van der Waals surface area contributed by atoms with Crippen LogP contribution in [0.3, 0.4) is 0 Å². The first kappa shape index (κ1) is 36.2. The van der Waals surface area contributed by atoms with Gasteiger partial charge in [0, 0.05) is 6.20 Å². The van der Waals surface area contributed by atoms with Gasteiger partial charge in [-0.2, -0.15) is 0 Å². The summed E-state index contributed by atoms with van der Waals surface area (Å²) >= 11 is 4.57. The van der Waals surface area contributed by atoms with Gasteiger partial charge in [-0.3, -0.25) is 18.2 Å². The van der Waals surface area contributed by atoms with Gasteiger partial charge in [0.05, 0.1) is 31.6 Å². The van der Waals surface area contributed by atoms with Gasteiger partial charge in [0.15, 0.2) is 29.6 Å². The van der Waals surface area contributed by atoms with Crippen LogP contribution in [0.4, 0.5) is 11.5 Å². The first-order valence-electron chi connectivity index (χ1n) is 13.7. The van der Waals surface area contributed by atoms with E-state index < -0.39 is 84.7 Å². The summed E-state index contributed by atoms with van der Waals surface area (Å²) in [5, 5.41) is 42.0. The lowest BCUT2D eigenvalue weighted by Gasteiger charge is -2.23. The predicted octanol–water partition coefficient (Wildman–Crippen LogP) is -1.84. The maximum Gasteiger partial charge on any atom is 0.479 e. The Morgan fingerprint density at radius 2 is 1.24 bits per heavy atom. The number of rotatable bonds is 12. The Morgan fingerprint density at radius 1 is 0.755 bits per heavy atom. The average Bonchev–Trinajstić information content (AvgIpc) is 3.77. The van der Waals surface area contributed by atoms with Gasteiger partial charge >= 0.3 is 22.4 Å². The molecular weight excluding hydrogens is 743 g/mol. The number of nitrogens with two attached hydrogens (primary N) is 2. The van der Waals surface area contributed by atoms with E-state index in [0.717, 1.165) is 6.33 Å². The van der Waals surface area contributed by atoms with Gasteiger partial charge in [0.25, 0.3) is 0 Å². The van der Waals surface area contributed by atoms with E-state index in [4.69, 9.17) is 30.0 Å². The highest BCUT2D eigenvalue weighted by Gasteiger charge is 2.48. The standard InChI is InChI=1S/C21H28N9O15P3S/c22-8-1-2-24-18-11(8)27-6-29(18)20-15(33)13(31)9(42-20)3-40-46(35,36)44-48(39,49)45-47(37,38)41-4-10-14(32)16(34)21(43-10)30-7-28-12-17(23)25-5-26-19(12)30/h1-2,5-7,9-10,13-16,20-21,31-34H,3-4H2,(H2,22,24)(H,35,36)(H,37,38)(H,39,49)(H2,23,25,26)/t9-,10-,13+,14?,15?,16?,20-,21-,48?/m1/s1. The van der Waals surface area contributed by atoms with Crippen LogP contribution in [-0.2, 0) is 48.1 Å². The van der Waals surface area contributed by atoms with Crippen molar-refractivity contribution in [2.45, 2.75) is 49.1 Å². The number of phosphoric ester groups is 2. The fourth-order valence-corrected chi connectivity index (χ4v) is 10.1. The molecule has 268 valence electrons. The molecule has 6 rings (SSSR count). The van der Waals surface area contributed by atoms with Crippen LogP contribution in [0, 0.1) is 0 Å². The lowest BCUT2D eigenvalue weighted by atomic mass is 10.1. The molecule has 6 heterocycles. The normalized spacial score (nSPS) is 31.2. The number of pyridine rings is 1. The quantitative estimate of drug-likeness (QED) is 0.0714. The number of hydrogen-bond acceptors (Lipinski definition) is 20. The Labute approximate surface area is 278 Å². The maximum absolute atomic E-state index is 12.6. The van der Waals surface area contributed by atoms with Crippen molar-refractivity contribution < 1.29 is 71.4 Å². The van der Waals surface area contributed by atoms with E-state index in [-0.39, 0.29) is 33.8 Å². The molecule has 0 amide bonds. The van der Waals surface area contributed by atoms with Gasteiger partial charge in [-0.15, -0.1) is 0 Å². The number of aromatic nitrogens is 7. The lowest BCUT2D eigenvalue weighted by molar-refractivity contribution is -0.0508. The number of imidazole rings is 2. The summed E-state index contributed by atoms with van der Waals surface area (Å²) in [6, 6.07) is 1.50. The van der Waals surface area contributed by atoms with E-state index in [9.17, 15) is 44.2 Å². The van der Waals surface area contributed by atoms with E-state index in [1.807, 2.05) is 0 Å². The zero-order valence-electron chi connectivity index (χ0n) is 24.4. The Kier molecular flexibility index (Phi) is 9.95. The molecule has 11 atom stereocenters. The summed E-state index contributed by atoms with van der Waals surface area (Å²) in [5.74, 6) is 0.0372. The number of ether oxygens (including phenoxy) is 2. The van der Waals surface area contributed by atoms with E-state index >= 15 is 0 Å². The second kappa shape index (κ2) is 13.5. The molecule has 28 heteroatoms. The van der Waals surface area contributed by atoms with E-state index in [1.54, 1.807) is 0 Å². The second-order valence-electron chi connectivity index (χ2n) is 10.6. The summed E-state index contributed by atoms with van der Waals surface area (Å²) in [4.78, 5) is 50.6. The van der Waals surface area contributed by atoms with E-state index in [2.05, 4.69) is 45.3 Å². The van der Waals surface area contributed by atoms with Crippen molar-refractivity contribution in [3.05, 3.63) is 31.2 Å². The molecule has 4 aromatic rings.